The highest BCUT2D eigenvalue weighted by atomic mass is 16.5. The van der Waals surface area contributed by atoms with Gasteiger partial charge in [0, 0.05) is 6.07 Å². The molecule has 3 rings (SSSR count). The fraction of sp³-hybridized carbons (Fsp3) is 0.321. The highest BCUT2D eigenvalue weighted by Gasteiger charge is 2.14. The highest BCUT2D eigenvalue weighted by Crippen LogP contribution is 2.33. The molecule has 0 aliphatic heterocycles. The molecule has 7 nitrogen and oxygen atoms in total. The summed E-state index contributed by atoms with van der Waals surface area (Å²) in [6.07, 6.45) is 3.03. The summed E-state index contributed by atoms with van der Waals surface area (Å²) in [5.74, 6) is 2.21. The Bertz CT molecular complexity index is 1150. The van der Waals surface area contributed by atoms with E-state index in [2.05, 4.69) is 0 Å². The van der Waals surface area contributed by atoms with Crippen LogP contribution in [-0.4, -0.2) is 46.6 Å². The van der Waals surface area contributed by atoms with Crippen LogP contribution in [0.4, 0.5) is 0 Å². The third-order valence-electron chi connectivity index (χ3n) is 5.98. The number of carbonyl (C=O) groups is 1. The van der Waals surface area contributed by atoms with Gasteiger partial charge in [-0.15, -0.1) is 0 Å². The summed E-state index contributed by atoms with van der Waals surface area (Å²) in [5.41, 5.74) is 4.54. The Morgan fingerprint density at radius 1 is 0.600 bits per heavy atom. The molecule has 186 valence electrons. The summed E-state index contributed by atoms with van der Waals surface area (Å²) in [6.45, 7) is 0. The van der Waals surface area contributed by atoms with Gasteiger partial charge >= 0.3 is 5.97 Å². The molecule has 0 atom stereocenters. The van der Waals surface area contributed by atoms with Gasteiger partial charge in [-0.2, -0.15) is 0 Å². The Morgan fingerprint density at radius 3 is 1.57 bits per heavy atom. The quantitative estimate of drug-likeness (QED) is 0.391. The second-order valence-electron chi connectivity index (χ2n) is 8.04. The number of rotatable bonds is 12. The van der Waals surface area contributed by atoms with Gasteiger partial charge in [0.15, 0.2) is 11.5 Å². The molecule has 35 heavy (non-hydrogen) atoms. The first-order valence-corrected chi connectivity index (χ1v) is 11.3. The average molecular weight is 481 g/mol. The van der Waals surface area contributed by atoms with Crippen molar-refractivity contribution in [2.45, 2.75) is 25.7 Å². The van der Waals surface area contributed by atoms with Gasteiger partial charge < -0.3 is 28.8 Å². The van der Waals surface area contributed by atoms with E-state index in [0.29, 0.717) is 23.7 Å². The van der Waals surface area contributed by atoms with Crippen LogP contribution < -0.4 is 23.7 Å². The van der Waals surface area contributed by atoms with E-state index >= 15 is 0 Å². The van der Waals surface area contributed by atoms with E-state index in [0.717, 1.165) is 53.0 Å². The molecule has 1 N–H and O–H groups in total. The topological polar surface area (TPSA) is 83.5 Å². The van der Waals surface area contributed by atoms with Gasteiger partial charge in [0.25, 0.3) is 0 Å². The fourth-order valence-corrected chi connectivity index (χ4v) is 4.07. The van der Waals surface area contributed by atoms with E-state index in [4.69, 9.17) is 23.7 Å². The molecule has 7 heteroatoms. The molecule has 0 fully saturated rings. The van der Waals surface area contributed by atoms with Crippen molar-refractivity contribution in [2.24, 2.45) is 0 Å². The van der Waals surface area contributed by atoms with Crippen LogP contribution in [0, 0.1) is 0 Å². The molecular formula is C28H32O7. The Labute approximate surface area is 206 Å². The minimum absolute atomic E-state index is 0.150. The molecule has 0 amide bonds. The number of aryl methyl sites for hydroxylation is 4. The van der Waals surface area contributed by atoms with Crippen LogP contribution in [-0.2, 0) is 25.7 Å². The van der Waals surface area contributed by atoms with Gasteiger partial charge in [-0.3, -0.25) is 0 Å². The Kier molecular flexibility index (Phi) is 8.84. The van der Waals surface area contributed by atoms with Crippen LogP contribution in [0.25, 0.3) is 0 Å². The average Bonchev–Trinajstić information content (AvgIpc) is 2.89. The van der Waals surface area contributed by atoms with Crippen molar-refractivity contribution in [3.63, 3.8) is 0 Å². The third-order valence-corrected chi connectivity index (χ3v) is 5.98. The van der Waals surface area contributed by atoms with Crippen LogP contribution >= 0.6 is 0 Å². The predicted octanol–water partition coefficient (Wildman–Crippen LogP) is 5.00. The smallest absolute Gasteiger partial charge is 0.339 e. The maximum atomic E-state index is 11.4. The number of carboxylic acid groups (broad SMARTS) is 1. The highest BCUT2D eigenvalue weighted by molar-refractivity contribution is 5.91. The van der Waals surface area contributed by atoms with Crippen molar-refractivity contribution >= 4 is 5.97 Å². The molecule has 0 heterocycles. The number of carboxylic acids is 1. The van der Waals surface area contributed by atoms with Crippen LogP contribution in [0.1, 0.15) is 32.6 Å². The molecule has 0 saturated carbocycles. The SMILES string of the molecule is COc1cc(CCc2cc(OC)c(OC)cc2CCc2ccc(C(=O)O)c(OC)c2)cc(OC)c1. The lowest BCUT2D eigenvalue weighted by molar-refractivity contribution is 0.0693. The van der Waals surface area contributed by atoms with E-state index in [-0.39, 0.29) is 5.56 Å². The largest absolute Gasteiger partial charge is 0.497 e. The van der Waals surface area contributed by atoms with E-state index in [1.165, 1.54) is 7.11 Å². The molecule has 3 aromatic rings. The lowest BCUT2D eigenvalue weighted by atomic mass is 9.94. The minimum atomic E-state index is -1.01. The van der Waals surface area contributed by atoms with Crippen LogP contribution in [0.15, 0.2) is 48.5 Å². The molecule has 0 spiro atoms. The number of hydrogen-bond acceptors (Lipinski definition) is 6. The predicted molar refractivity (Wildman–Crippen MR) is 134 cm³/mol. The van der Waals surface area contributed by atoms with Crippen molar-refractivity contribution in [1.82, 2.24) is 0 Å². The summed E-state index contributed by atoms with van der Waals surface area (Å²) in [5, 5.41) is 9.34. The summed E-state index contributed by atoms with van der Waals surface area (Å²) in [4.78, 5) is 11.4. The Hall–Kier alpha value is -3.87. The van der Waals surface area contributed by atoms with Crippen LogP contribution in [0.2, 0.25) is 0 Å². The van der Waals surface area contributed by atoms with Gasteiger partial charge in [-0.1, -0.05) is 6.07 Å². The summed E-state index contributed by atoms with van der Waals surface area (Å²) >= 11 is 0. The lowest BCUT2D eigenvalue weighted by Crippen LogP contribution is -2.04. The molecule has 0 aromatic heterocycles. The second-order valence-corrected chi connectivity index (χ2v) is 8.04. The van der Waals surface area contributed by atoms with Crippen molar-refractivity contribution in [1.29, 1.82) is 0 Å². The molecule has 0 bridgehead atoms. The van der Waals surface area contributed by atoms with Gasteiger partial charge in [-0.25, -0.2) is 4.79 Å². The van der Waals surface area contributed by atoms with Crippen LogP contribution in [0.5, 0.6) is 28.7 Å². The van der Waals surface area contributed by atoms with E-state index in [9.17, 15) is 9.90 Å². The van der Waals surface area contributed by atoms with E-state index in [1.54, 1.807) is 40.6 Å². The number of benzene rings is 3. The van der Waals surface area contributed by atoms with Gasteiger partial charge in [0.1, 0.15) is 22.8 Å². The van der Waals surface area contributed by atoms with Crippen molar-refractivity contribution in [3.8, 4) is 28.7 Å². The maximum Gasteiger partial charge on any atom is 0.339 e. The minimum Gasteiger partial charge on any atom is -0.497 e. The molecule has 3 aromatic carbocycles. The fourth-order valence-electron chi connectivity index (χ4n) is 4.07. The molecule has 0 unspecified atom stereocenters. The zero-order valence-corrected chi connectivity index (χ0v) is 20.8. The summed E-state index contributed by atoms with van der Waals surface area (Å²) < 4.78 is 27.2. The number of methoxy groups -OCH3 is 5. The van der Waals surface area contributed by atoms with Crippen molar-refractivity contribution in [2.75, 3.05) is 35.5 Å². The first-order valence-electron chi connectivity index (χ1n) is 11.3. The number of hydrogen-bond donors (Lipinski definition) is 1. The first kappa shape index (κ1) is 25.7. The lowest BCUT2D eigenvalue weighted by Gasteiger charge is -2.16. The monoisotopic (exact) mass is 480 g/mol. The number of aromatic carboxylic acids is 1. The van der Waals surface area contributed by atoms with Crippen molar-refractivity contribution in [3.05, 3.63) is 76.3 Å². The Balaban J connectivity index is 1.86. The van der Waals surface area contributed by atoms with Gasteiger partial charge in [0.05, 0.1) is 35.5 Å². The zero-order valence-electron chi connectivity index (χ0n) is 20.8. The molecule has 0 aliphatic rings. The van der Waals surface area contributed by atoms with E-state index < -0.39 is 5.97 Å². The standard InChI is InChI=1S/C28H32O7/c1-31-22-12-19(13-23(17-22)32-2)7-10-21-16-27(35-5)26(34-4)15-20(21)9-6-18-8-11-24(28(29)30)25(14-18)33-3/h8,11-17H,6-7,9-10H2,1-5H3,(H,29,30). The maximum absolute atomic E-state index is 11.4. The molecule has 0 aliphatic carbocycles. The van der Waals surface area contributed by atoms with E-state index in [1.807, 2.05) is 36.4 Å². The molecule has 0 saturated heterocycles. The summed E-state index contributed by atoms with van der Waals surface area (Å²) in [7, 11) is 8.02. The number of ether oxygens (including phenoxy) is 5. The van der Waals surface area contributed by atoms with Crippen molar-refractivity contribution < 1.29 is 33.6 Å². The normalized spacial score (nSPS) is 10.5. The zero-order chi connectivity index (χ0) is 25.4. The van der Waals surface area contributed by atoms with Crippen LogP contribution in [0.3, 0.4) is 0 Å². The first-order chi connectivity index (χ1) is 16.9. The molecular weight excluding hydrogens is 448 g/mol. The van der Waals surface area contributed by atoms with Gasteiger partial charge in [-0.05, 0) is 84.3 Å². The summed E-state index contributed by atoms with van der Waals surface area (Å²) in [6, 6.07) is 15.1. The third kappa shape index (κ3) is 6.38. The Morgan fingerprint density at radius 2 is 1.11 bits per heavy atom. The molecule has 0 radical (unpaired) electrons. The van der Waals surface area contributed by atoms with Gasteiger partial charge in [0.2, 0.25) is 0 Å². The second kappa shape index (κ2) is 12.0.